The van der Waals surface area contributed by atoms with Gasteiger partial charge in [-0.15, -0.1) is 12.4 Å². The van der Waals surface area contributed by atoms with Crippen molar-refractivity contribution in [2.45, 2.75) is 75.5 Å². The Kier molecular flexibility index (Phi) is 8.90. The number of rotatable bonds is 6. The lowest BCUT2D eigenvalue weighted by atomic mass is 9.99. The summed E-state index contributed by atoms with van der Waals surface area (Å²) in [4.78, 5) is 0. The predicted octanol–water partition coefficient (Wildman–Crippen LogP) is 7.57. The molecule has 2 nitrogen and oxygen atoms in total. The molecule has 0 aliphatic heterocycles. The Bertz CT molecular complexity index is 757. The molecule has 2 aromatic rings. The Hall–Kier alpha value is -1.24. The number of hydrogen-bond acceptors (Lipinski definition) is 2. The molecule has 0 atom stereocenters. The van der Waals surface area contributed by atoms with E-state index in [0.717, 1.165) is 28.4 Å². The van der Waals surface area contributed by atoms with Gasteiger partial charge in [0.1, 0.15) is 11.5 Å². The highest BCUT2D eigenvalue weighted by Crippen LogP contribution is 2.57. The van der Waals surface area contributed by atoms with Crippen LogP contribution in [-0.4, -0.2) is 25.5 Å². The van der Waals surface area contributed by atoms with Crippen molar-refractivity contribution in [3.05, 3.63) is 42.5 Å². The van der Waals surface area contributed by atoms with Crippen molar-refractivity contribution in [1.29, 1.82) is 0 Å². The van der Waals surface area contributed by atoms with Gasteiger partial charge in [-0.05, 0) is 60.0 Å². The molecule has 2 saturated carbocycles. The normalized spacial score (nSPS) is 18.1. The zero-order chi connectivity index (χ0) is 20.1. The maximum absolute atomic E-state index is 5.80. The van der Waals surface area contributed by atoms with E-state index >= 15 is 0 Å². The molecule has 0 amide bonds. The van der Waals surface area contributed by atoms with E-state index in [2.05, 4.69) is 36.4 Å². The number of hydrogen-bond donors (Lipinski definition) is 0. The molecule has 0 saturated heterocycles. The topological polar surface area (TPSA) is 18.5 Å². The SMILES string of the molecule is COc1cccc(OC)c1-c1ccccc1P(C1CCCCC1)C1CCCCC1.Cl. The molecule has 164 valence electrons. The van der Waals surface area contributed by atoms with Gasteiger partial charge >= 0.3 is 0 Å². The lowest BCUT2D eigenvalue weighted by molar-refractivity contribution is 0.397. The van der Waals surface area contributed by atoms with Gasteiger partial charge in [0.25, 0.3) is 0 Å². The largest absolute Gasteiger partial charge is 0.496 e. The van der Waals surface area contributed by atoms with E-state index in [9.17, 15) is 0 Å². The summed E-state index contributed by atoms with van der Waals surface area (Å²) >= 11 is 0. The monoisotopic (exact) mass is 446 g/mol. The first-order valence-corrected chi connectivity index (χ1v) is 12.9. The number of halogens is 1. The van der Waals surface area contributed by atoms with Gasteiger partial charge in [0.15, 0.2) is 0 Å². The van der Waals surface area contributed by atoms with Gasteiger partial charge in [-0.2, -0.15) is 0 Å². The van der Waals surface area contributed by atoms with E-state index in [1.165, 1.54) is 69.8 Å². The van der Waals surface area contributed by atoms with Gasteiger partial charge in [0.2, 0.25) is 0 Å². The molecule has 4 rings (SSSR count). The zero-order valence-electron chi connectivity index (χ0n) is 18.4. The summed E-state index contributed by atoms with van der Waals surface area (Å²) in [7, 11) is 3.36. The molecule has 30 heavy (non-hydrogen) atoms. The fraction of sp³-hybridized carbons (Fsp3) is 0.538. The standard InChI is InChI=1S/C26H35O2P.ClH/c1-27-23-17-11-18-24(28-2)26(23)22-16-9-10-19-25(22)29(20-12-5-3-6-13-20)21-14-7-4-8-15-21;/h9-11,16-21H,3-8,12-15H2,1-2H3;1H. The van der Waals surface area contributed by atoms with Crippen molar-refractivity contribution in [2.24, 2.45) is 0 Å². The van der Waals surface area contributed by atoms with Crippen molar-refractivity contribution in [1.82, 2.24) is 0 Å². The molecule has 0 aromatic heterocycles. The zero-order valence-corrected chi connectivity index (χ0v) is 20.2. The van der Waals surface area contributed by atoms with E-state index in [0.29, 0.717) is 0 Å². The Morgan fingerprint density at radius 2 is 1.17 bits per heavy atom. The molecular weight excluding hydrogens is 411 g/mol. The second kappa shape index (κ2) is 11.4. The van der Waals surface area contributed by atoms with Gasteiger partial charge in [-0.25, -0.2) is 0 Å². The lowest BCUT2D eigenvalue weighted by Gasteiger charge is -2.39. The molecule has 0 N–H and O–H groups in total. The fourth-order valence-electron chi connectivity index (χ4n) is 5.44. The molecule has 0 unspecified atom stereocenters. The van der Waals surface area contributed by atoms with E-state index in [1.807, 2.05) is 6.07 Å². The van der Waals surface area contributed by atoms with Crippen molar-refractivity contribution >= 4 is 25.6 Å². The van der Waals surface area contributed by atoms with Gasteiger partial charge in [-0.3, -0.25) is 0 Å². The first-order valence-electron chi connectivity index (χ1n) is 11.4. The minimum Gasteiger partial charge on any atom is -0.496 e. The maximum atomic E-state index is 5.80. The van der Waals surface area contributed by atoms with Crippen LogP contribution in [0.3, 0.4) is 0 Å². The van der Waals surface area contributed by atoms with Crippen LogP contribution in [0.5, 0.6) is 11.5 Å². The first kappa shape index (κ1) is 23.4. The number of benzene rings is 2. The maximum Gasteiger partial charge on any atom is 0.130 e. The van der Waals surface area contributed by atoms with E-state index in [1.54, 1.807) is 19.5 Å². The molecule has 0 heterocycles. The predicted molar refractivity (Wildman–Crippen MR) is 133 cm³/mol. The smallest absolute Gasteiger partial charge is 0.130 e. The summed E-state index contributed by atoms with van der Waals surface area (Å²) in [6.45, 7) is 0. The van der Waals surface area contributed by atoms with Gasteiger partial charge in [0, 0.05) is 0 Å². The first-order chi connectivity index (χ1) is 14.3. The Morgan fingerprint density at radius 1 is 0.667 bits per heavy atom. The fourth-order valence-corrected chi connectivity index (χ4v) is 9.39. The van der Waals surface area contributed by atoms with Crippen LogP contribution < -0.4 is 14.8 Å². The second-order valence-corrected chi connectivity index (χ2v) is 11.3. The van der Waals surface area contributed by atoms with Crippen LogP contribution in [-0.2, 0) is 0 Å². The van der Waals surface area contributed by atoms with Crippen molar-refractivity contribution < 1.29 is 9.47 Å². The van der Waals surface area contributed by atoms with Crippen molar-refractivity contribution in [3.63, 3.8) is 0 Å². The second-order valence-electron chi connectivity index (χ2n) is 8.55. The molecule has 2 aliphatic rings. The Balaban J connectivity index is 0.00000256. The molecule has 0 bridgehead atoms. The van der Waals surface area contributed by atoms with Gasteiger partial charge in [0.05, 0.1) is 19.8 Å². The minimum atomic E-state index is -0.182. The van der Waals surface area contributed by atoms with Crippen LogP contribution in [0.15, 0.2) is 42.5 Å². The quantitative estimate of drug-likeness (QED) is 0.426. The summed E-state index contributed by atoms with van der Waals surface area (Å²) in [6, 6.07) is 15.3. The van der Waals surface area contributed by atoms with Crippen LogP contribution in [0, 0.1) is 0 Å². The minimum absolute atomic E-state index is 0. The van der Waals surface area contributed by atoms with Gasteiger partial charge in [-0.1, -0.05) is 76.8 Å². The van der Waals surface area contributed by atoms with E-state index < -0.39 is 0 Å². The summed E-state index contributed by atoms with van der Waals surface area (Å²) < 4.78 is 11.6. The highest BCUT2D eigenvalue weighted by molar-refractivity contribution is 7.67. The molecule has 4 heteroatoms. The summed E-state index contributed by atoms with van der Waals surface area (Å²) in [6.07, 6.45) is 14.2. The third-order valence-electron chi connectivity index (χ3n) is 6.82. The van der Waals surface area contributed by atoms with Gasteiger partial charge < -0.3 is 9.47 Å². The van der Waals surface area contributed by atoms with Crippen LogP contribution in [0.4, 0.5) is 0 Å². The third-order valence-corrected chi connectivity index (χ3v) is 10.4. The summed E-state index contributed by atoms with van der Waals surface area (Å²) in [5, 5.41) is 1.59. The molecule has 2 aromatic carbocycles. The van der Waals surface area contributed by atoms with Crippen LogP contribution in [0.25, 0.3) is 11.1 Å². The van der Waals surface area contributed by atoms with Crippen molar-refractivity contribution in [3.8, 4) is 22.6 Å². The highest BCUT2D eigenvalue weighted by Gasteiger charge is 2.34. The summed E-state index contributed by atoms with van der Waals surface area (Å²) in [5.41, 5.74) is 4.23. The van der Waals surface area contributed by atoms with E-state index in [-0.39, 0.29) is 20.3 Å². The molecular formula is C26H36ClO2P. The molecule has 2 fully saturated rings. The molecule has 2 aliphatic carbocycles. The number of methoxy groups -OCH3 is 2. The Labute approximate surface area is 189 Å². The number of ether oxygens (including phenoxy) is 2. The highest BCUT2D eigenvalue weighted by atomic mass is 35.5. The molecule has 0 spiro atoms. The van der Waals surface area contributed by atoms with Crippen LogP contribution in [0.1, 0.15) is 64.2 Å². The Morgan fingerprint density at radius 3 is 1.67 bits per heavy atom. The third kappa shape index (κ3) is 4.97. The molecule has 0 radical (unpaired) electrons. The van der Waals surface area contributed by atoms with Crippen LogP contribution >= 0.6 is 20.3 Å². The average molecular weight is 447 g/mol. The van der Waals surface area contributed by atoms with Crippen LogP contribution in [0.2, 0.25) is 0 Å². The lowest BCUT2D eigenvalue weighted by Crippen LogP contribution is -2.27. The summed E-state index contributed by atoms with van der Waals surface area (Å²) in [5.74, 6) is 1.83. The average Bonchev–Trinajstić information content (AvgIpc) is 2.80. The van der Waals surface area contributed by atoms with Crippen molar-refractivity contribution in [2.75, 3.05) is 14.2 Å². The van der Waals surface area contributed by atoms with E-state index in [4.69, 9.17) is 9.47 Å².